The third-order valence-electron chi connectivity index (χ3n) is 5.40. The first-order valence-electron chi connectivity index (χ1n) is 9.60. The lowest BCUT2D eigenvalue weighted by atomic mass is 9.85. The number of imide groups is 1. The number of aromatic nitrogens is 1. The Morgan fingerprint density at radius 1 is 1.22 bits per heavy atom. The van der Waals surface area contributed by atoms with E-state index in [4.69, 9.17) is 0 Å². The highest BCUT2D eigenvalue weighted by molar-refractivity contribution is 6.08. The molecule has 1 saturated heterocycles. The van der Waals surface area contributed by atoms with Crippen molar-refractivity contribution in [3.05, 3.63) is 41.7 Å². The molecule has 0 aromatic carbocycles. The second-order valence-electron chi connectivity index (χ2n) is 7.83. The largest absolute Gasteiger partial charge is 0.349 e. The average molecular weight is 369 g/mol. The zero-order chi connectivity index (χ0) is 19.6. The van der Waals surface area contributed by atoms with E-state index in [-0.39, 0.29) is 42.0 Å². The highest BCUT2D eigenvalue weighted by atomic mass is 16.2. The fourth-order valence-electron chi connectivity index (χ4n) is 3.90. The molecule has 27 heavy (non-hydrogen) atoms. The molecular weight excluding hydrogens is 342 g/mol. The fourth-order valence-corrected chi connectivity index (χ4v) is 3.90. The van der Waals surface area contributed by atoms with Gasteiger partial charge in [-0.1, -0.05) is 32.1 Å². The summed E-state index contributed by atoms with van der Waals surface area (Å²) in [4.78, 5) is 44.2. The van der Waals surface area contributed by atoms with Crippen LogP contribution in [-0.2, 0) is 20.9 Å². The van der Waals surface area contributed by atoms with Crippen molar-refractivity contribution in [2.75, 3.05) is 0 Å². The summed E-state index contributed by atoms with van der Waals surface area (Å²) in [7, 11) is 0. The van der Waals surface area contributed by atoms with Crippen LogP contribution in [0.5, 0.6) is 0 Å². The van der Waals surface area contributed by atoms with E-state index in [1.54, 1.807) is 6.20 Å². The molecule has 1 aromatic rings. The minimum Gasteiger partial charge on any atom is -0.349 e. The smallest absolute Gasteiger partial charge is 0.243 e. The Morgan fingerprint density at radius 3 is 2.41 bits per heavy atom. The van der Waals surface area contributed by atoms with Gasteiger partial charge in [-0.05, 0) is 43.7 Å². The summed E-state index contributed by atoms with van der Waals surface area (Å²) in [5.74, 6) is -1.15. The number of hydrogen-bond donors (Lipinski definition) is 1. The molecule has 3 amide bonds. The summed E-state index contributed by atoms with van der Waals surface area (Å²) in [6.07, 6.45) is 7.21. The van der Waals surface area contributed by atoms with E-state index in [0.717, 1.165) is 11.3 Å². The summed E-state index contributed by atoms with van der Waals surface area (Å²) < 4.78 is 0. The van der Waals surface area contributed by atoms with Gasteiger partial charge >= 0.3 is 0 Å². The lowest BCUT2D eigenvalue weighted by molar-refractivity contribution is -0.148. The Balaban J connectivity index is 1.77. The molecule has 144 valence electrons. The molecule has 2 aliphatic rings. The fraction of sp³-hybridized carbons (Fsp3) is 0.524. The van der Waals surface area contributed by atoms with Gasteiger partial charge in [0.25, 0.3) is 0 Å². The number of aryl methyl sites for hydroxylation is 1. The summed E-state index contributed by atoms with van der Waals surface area (Å²) in [6.45, 7) is 6.20. The molecule has 2 heterocycles. The van der Waals surface area contributed by atoms with Gasteiger partial charge < -0.3 is 5.32 Å². The third-order valence-corrected chi connectivity index (χ3v) is 5.40. The summed E-state index contributed by atoms with van der Waals surface area (Å²) >= 11 is 0. The molecule has 0 radical (unpaired) electrons. The van der Waals surface area contributed by atoms with Crippen molar-refractivity contribution in [3.8, 4) is 0 Å². The molecule has 6 nitrogen and oxygen atoms in total. The molecule has 0 spiro atoms. The second-order valence-corrected chi connectivity index (χ2v) is 7.83. The number of hydrogen-bond acceptors (Lipinski definition) is 4. The molecule has 1 N–H and O–H groups in total. The lowest BCUT2D eigenvalue weighted by Crippen LogP contribution is -2.50. The van der Waals surface area contributed by atoms with E-state index in [9.17, 15) is 14.4 Å². The van der Waals surface area contributed by atoms with E-state index in [1.165, 1.54) is 4.90 Å². The van der Waals surface area contributed by atoms with Crippen LogP contribution >= 0.6 is 0 Å². The molecule has 0 unspecified atom stereocenters. The van der Waals surface area contributed by atoms with E-state index < -0.39 is 6.04 Å². The van der Waals surface area contributed by atoms with Crippen molar-refractivity contribution < 1.29 is 14.4 Å². The number of nitrogens with zero attached hydrogens (tertiary/aromatic N) is 2. The van der Waals surface area contributed by atoms with Gasteiger partial charge in [-0.15, -0.1) is 0 Å². The zero-order valence-electron chi connectivity index (χ0n) is 16.1. The van der Waals surface area contributed by atoms with E-state index >= 15 is 0 Å². The van der Waals surface area contributed by atoms with Crippen molar-refractivity contribution in [1.82, 2.24) is 15.2 Å². The molecule has 6 heteroatoms. The predicted octanol–water partition coefficient (Wildman–Crippen LogP) is 2.37. The molecule has 1 fully saturated rings. The van der Waals surface area contributed by atoms with E-state index in [0.29, 0.717) is 19.3 Å². The minimum atomic E-state index is -0.764. The van der Waals surface area contributed by atoms with E-state index in [2.05, 4.69) is 10.3 Å². The Kier molecular flexibility index (Phi) is 5.73. The van der Waals surface area contributed by atoms with Gasteiger partial charge in [0.1, 0.15) is 6.04 Å². The first kappa shape index (κ1) is 19.3. The zero-order valence-corrected chi connectivity index (χ0v) is 16.1. The van der Waals surface area contributed by atoms with Crippen LogP contribution in [0, 0.1) is 24.7 Å². The van der Waals surface area contributed by atoms with Crippen LogP contribution in [0.25, 0.3) is 0 Å². The number of allylic oxidation sites excluding steroid dienone is 2. The van der Waals surface area contributed by atoms with Crippen molar-refractivity contribution in [2.24, 2.45) is 17.8 Å². The van der Waals surface area contributed by atoms with Gasteiger partial charge in [0.05, 0.1) is 24.1 Å². The van der Waals surface area contributed by atoms with Crippen LogP contribution in [0.2, 0.25) is 0 Å². The van der Waals surface area contributed by atoms with Crippen LogP contribution in [0.15, 0.2) is 30.5 Å². The van der Waals surface area contributed by atoms with Crippen molar-refractivity contribution in [1.29, 1.82) is 0 Å². The molecule has 1 aromatic heterocycles. The number of carbonyl (C=O) groups excluding carboxylic acids is 3. The van der Waals surface area contributed by atoms with Crippen molar-refractivity contribution in [2.45, 2.75) is 52.6 Å². The predicted molar refractivity (Wildman–Crippen MR) is 101 cm³/mol. The Hall–Kier alpha value is -2.50. The number of amides is 3. The summed E-state index contributed by atoms with van der Waals surface area (Å²) in [5.41, 5.74) is 1.77. The molecule has 3 rings (SSSR count). The standard InChI is InChI=1S/C21H27N3O3/c1-13(2)11-18(19(25)23-12-17-14(3)7-6-10-22-17)24-20(26)15-8-4-5-9-16(15)21(24)27/h4-7,10,13,15-16,18H,8-9,11-12H2,1-3H3,(H,23,25)/t15-,16+,18-/m0/s1. The van der Waals surface area contributed by atoms with Gasteiger partial charge in [0.2, 0.25) is 17.7 Å². The maximum Gasteiger partial charge on any atom is 0.243 e. The number of pyridine rings is 1. The number of fused-ring (bicyclic) bond motifs is 1. The monoisotopic (exact) mass is 369 g/mol. The Labute approximate surface area is 160 Å². The molecular formula is C21H27N3O3. The highest BCUT2D eigenvalue weighted by Gasteiger charge is 2.51. The van der Waals surface area contributed by atoms with Crippen molar-refractivity contribution >= 4 is 17.7 Å². The molecule has 3 atom stereocenters. The summed E-state index contributed by atoms with van der Waals surface area (Å²) in [6, 6.07) is 3.02. The number of likely N-dealkylation sites (tertiary alicyclic amines) is 1. The van der Waals surface area contributed by atoms with E-state index in [1.807, 2.05) is 45.1 Å². The van der Waals surface area contributed by atoms with Gasteiger partial charge in [-0.25, -0.2) is 0 Å². The summed E-state index contributed by atoms with van der Waals surface area (Å²) in [5, 5.41) is 2.88. The van der Waals surface area contributed by atoms with Crippen LogP contribution in [0.1, 0.15) is 44.4 Å². The lowest BCUT2D eigenvalue weighted by Gasteiger charge is -2.27. The van der Waals surface area contributed by atoms with Gasteiger partial charge in [0.15, 0.2) is 0 Å². The van der Waals surface area contributed by atoms with Crippen LogP contribution < -0.4 is 5.32 Å². The number of rotatable bonds is 6. The third kappa shape index (κ3) is 3.94. The van der Waals surface area contributed by atoms with Crippen molar-refractivity contribution in [3.63, 3.8) is 0 Å². The van der Waals surface area contributed by atoms with Crippen LogP contribution in [0.4, 0.5) is 0 Å². The first-order valence-corrected chi connectivity index (χ1v) is 9.60. The maximum absolute atomic E-state index is 12.9. The Morgan fingerprint density at radius 2 is 1.85 bits per heavy atom. The minimum absolute atomic E-state index is 0.179. The normalized spacial score (nSPS) is 22.9. The average Bonchev–Trinajstić information content (AvgIpc) is 2.90. The first-order chi connectivity index (χ1) is 12.9. The molecule has 0 saturated carbocycles. The van der Waals surface area contributed by atoms with Gasteiger partial charge in [-0.2, -0.15) is 0 Å². The topological polar surface area (TPSA) is 79.4 Å². The molecule has 1 aliphatic heterocycles. The maximum atomic E-state index is 12.9. The van der Waals surface area contributed by atoms with Gasteiger partial charge in [-0.3, -0.25) is 24.3 Å². The number of nitrogens with one attached hydrogen (secondary N) is 1. The quantitative estimate of drug-likeness (QED) is 0.617. The highest BCUT2D eigenvalue weighted by Crippen LogP contribution is 2.37. The van der Waals surface area contributed by atoms with Gasteiger partial charge in [0, 0.05) is 6.20 Å². The second kappa shape index (κ2) is 8.03. The van der Waals surface area contributed by atoms with Crippen LogP contribution in [0.3, 0.4) is 0 Å². The molecule has 1 aliphatic carbocycles. The molecule has 0 bridgehead atoms. The number of carbonyl (C=O) groups is 3. The Bertz CT molecular complexity index is 746. The SMILES string of the molecule is Cc1cccnc1CNC(=O)[C@H](CC(C)C)N1C(=O)[C@H]2CC=CC[C@H]2C1=O. The van der Waals surface area contributed by atoms with Crippen LogP contribution in [-0.4, -0.2) is 33.6 Å².